The standard InChI is InChI=1S/C15H18ClNO2/c1-10-6-13(16)4-5-15(10)18-9-14-7-12(8-17-3)11(2)19-14/h4-7,17H,8-9H2,1-3H3. The summed E-state index contributed by atoms with van der Waals surface area (Å²) < 4.78 is 11.4. The van der Waals surface area contributed by atoms with E-state index in [1.165, 1.54) is 0 Å². The van der Waals surface area contributed by atoms with E-state index in [-0.39, 0.29) is 0 Å². The van der Waals surface area contributed by atoms with Crippen molar-refractivity contribution in [2.75, 3.05) is 7.05 Å². The molecular formula is C15H18ClNO2. The summed E-state index contributed by atoms with van der Waals surface area (Å²) in [5, 5.41) is 3.83. The van der Waals surface area contributed by atoms with Crippen LogP contribution in [0.25, 0.3) is 0 Å². The van der Waals surface area contributed by atoms with Gasteiger partial charge in [-0.15, -0.1) is 0 Å². The molecule has 0 saturated carbocycles. The Kier molecular flexibility index (Phi) is 4.51. The lowest BCUT2D eigenvalue weighted by atomic mass is 10.2. The van der Waals surface area contributed by atoms with Gasteiger partial charge in [0, 0.05) is 17.1 Å². The van der Waals surface area contributed by atoms with E-state index in [9.17, 15) is 0 Å². The predicted octanol–water partition coefficient (Wildman–Crippen LogP) is 3.85. The van der Waals surface area contributed by atoms with Gasteiger partial charge in [0.1, 0.15) is 23.9 Å². The average Bonchev–Trinajstić information content (AvgIpc) is 2.70. The minimum absolute atomic E-state index is 0.424. The largest absolute Gasteiger partial charge is 0.485 e. The van der Waals surface area contributed by atoms with Crippen LogP contribution in [0.5, 0.6) is 5.75 Å². The first-order chi connectivity index (χ1) is 9.10. The molecule has 0 amide bonds. The molecular weight excluding hydrogens is 262 g/mol. The molecule has 0 radical (unpaired) electrons. The molecule has 0 fully saturated rings. The molecule has 2 aromatic rings. The highest BCUT2D eigenvalue weighted by molar-refractivity contribution is 6.30. The van der Waals surface area contributed by atoms with Crippen LogP contribution in [0.2, 0.25) is 5.02 Å². The minimum atomic E-state index is 0.424. The number of rotatable bonds is 5. The molecule has 3 nitrogen and oxygen atoms in total. The number of ether oxygens (including phenoxy) is 1. The highest BCUT2D eigenvalue weighted by atomic mass is 35.5. The minimum Gasteiger partial charge on any atom is -0.485 e. The summed E-state index contributed by atoms with van der Waals surface area (Å²) in [6.07, 6.45) is 0. The van der Waals surface area contributed by atoms with Crippen molar-refractivity contribution >= 4 is 11.6 Å². The number of halogens is 1. The third kappa shape index (κ3) is 3.52. The molecule has 4 heteroatoms. The SMILES string of the molecule is CNCc1cc(COc2ccc(Cl)cc2C)oc1C. The lowest BCUT2D eigenvalue weighted by Gasteiger charge is -2.07. The molecule has 0 saturated heterocycles. The lowest BCUT2D eigenvalue weighted by molar-refractivity contribution is 0.266. The molecule has 2 rings (SSSR count). The van der Waals surface area contributed by atoms with Gasteiger partial charge >= 0.3 is 0 Å². The van der Waals surface area contributed by atoms with Gasteiger partial charge in [0.15, 0.2) is 0 Å². The van der Waals surface area contributed by atoms with Gasteiger partial charge in [-0.25, -0.2) is 0 Å². The Morgan fingerprint density at radius 2 is 2.05 bits per heavy atom. The van der Waals surface area contributed by atoms with E-state index in [1.807, 2.05) is 45.2 Å². The van der Waals surface area contributed by atoms with Gasteiger partial charge in [-0.3, -0.25) is 0 Å². The van der Waals surface area contributed by atoms with E-state index in [4.69, 9.17) is 20.8 Å². The van der Waals surface area contributed by atoms with E-state index in [1.54, 1.807) is 0 Å². The first-order valence-corrected chi connectivity index (χ1v) is 6.59. The van der Waals surface area contributed by atoms with Crippen LogP contribution < -0.4 is 10.1 Å². The van der Waals surface area contributed by atoms with E-state index in [0.717, 1.165) is 40.0 Å². The van der Waals surface area contributed by atoms with Crippen LogP contribution in [0.3, 0.4) is 0 Å². The fraction of sp³-hybridized carbons (Fsp3) is 0.333. The molecule has 1 N–H and O–H groups in total. The quantitative estimate of drug-likeness (QED) is 0.903. The van der Waals surface area contributed by atoms with Gasteiger partial charge in [-0.05, 0) is 50.7 Å². The van der Waals surface area contributed by atoms with Crippen LogP contribution in [-0.4, -0.2) is 7.05 Å². The maximum atomic E-state index is 5.91. The van der Waals surface area contributed by atoms with Crippen LogP contribution in [0.15, 0.2) is 28.7 Å². The highest BCUT2D eigenvalue weighted by Gasteiger charge is 2.08. The summed E-state index contributed by atoms with van der Waals surface area (Å²) in [6.45, 7) is 5.16. The van der Waals surface area contributed by atoms with Crippen LogP contribution in [-0.2, 0) is 13.2 Å². The van der Waals surface area contributed by atoms with Gasteiger partial charge < -0.3 is 14.5 Å². The molecule has 1 heterocycles. The van der Waals surface area contributed by atoms with Crippen LogP contribution in [0.4, 0.5) is 0 Å². The number of nitrogens with one attached hydrogen (secondary N) is 1. The number of benzene rings is 1. The van der Waals surface area contributed by atoms with Crippen molar-refractivity contribution < 1.29 is 9.15 Å². The predicted molar refractivity (Wildman–Crippen MR) is 76.7 cm³/mol. The Morgan fingerprint density at radius 1 is 1.26 bits per heavy atom. The van der Waals surface area contributed by atoms with Crippen molar-refractivity contribution in [3.8, 4) is 5.75 Å². The summed E-state index contributed by atoms with van der Waals surface area (Å²) in [5.74, 6) is 2.59. The molecule has 0 aliphatic heterocycles. The first-order valence-electron chi connectivity index (χ1n) is 6.22. The summed E-state index contributed by atoms with van der Waals surface area (Å²) in [7, 11) is 1.92. The molecule has 1 aromatic heterocycles. The fourth-order valence-electron chi connectivity index (χ4n) is 1.95. The Morgan fingerprint density at radius 3 is 2.74 bits per heavy atom. The zero-order chi connectivity index (χ0) is 13.8. The summed E-state index contributed by atoms with van der Waals surface area (Å²) in [4.78, 5) is 0. The van der Waals surface area contributed by atoms with Crippen molar-refractivity contribution in [2.45, 2.75) is 27.0 Å². The number of furan rings is 1. The van der Waals surface area contributed by atoms with Crippen molar-refractivity contribution in [1.82, 2.24) is 5.32 Å². The Hall–Kier alpha value is -1.45. The molecule has 0 spiro atoms. The fourth-order valence-corrected chi connectivity index (χ4v) is 2.17. The number of aryl methyl sites for hydroxylation is 2. The smallest absolute Gasteiger partial charge is 0.146 e. The van der Waals surface area contributed by atoms with Crippen molar-refractivity contribution in [3.63, 3.8) is 0 Å². The van der Waals surface area contributed by atoms with Crippen molar-refractivity contribution in [2.24, 2.45) is 0 Å². The molecule has 19 heavy (non-hydrogen) atoms. The number of hydrogen-bond donors (Lipinski definition) is 1. The van der Waals surface area contributed by atoms with E-state index in [0.29, 0.717) is 6.61 Å². The molecule has 0 unspecified atom stereocenters. The average molecular weight is 280 g/mol. The molecule has 0 bridgehead atoms. The van der Waals surface area contributed by atoms with Gasteiger partial charge in [0.25, 0.3) is 0 Å². The normalized spacial score (nSPS) is 10.7. The van der Waals surface area contributed by atoms with Crippen LogP contribution >= 0.6 is 11.6 Å². The lowest BCUT2D eigenvalue weighted by Crippen LogP contribution is -2.04. The van der Waals surface area contributed by atoms with Gasteiger partial charge in [-0.1, -0.05) is 11.6 Å². The Balaban J connectivity index is 2.04. The maximum Gasteiger partial charge on any atom is 0.146 e. The highest BCUT2D eigenvalue weighted by Crippen LogP contribution is 2.23. The Labute approximate surface area is 118 Å². The molecule has 0 aliphatic rings. The summed E-state index contributed by atoms with van der Waals surface area (Å²) >= 11 is 5.91. The topological polar surface area (TPSA) is 34.4 Å². The molecule has 1 aromatic carbocycles. The van der Waals surface area contributed by atoms with Gasteiger partial charge in [0.05, 0.1) is 0 Å². The number of hydrogen-bond acceptors (Lipinski definition) is 3. The summed E-state index contributed by atoms with van der Waals surface area (Å²) in [6, 6.07) is 7.61. The maximum absolute atomic E-state index is 5.91. The van der Waals surface area contributed by atoms with Crippen LogP contribution in [0.1, 0.15) is 22.6 Å². The van der Waals surface area contributed by atoms with Crippen LogP contribution in [0, 0.1) is 13.8 Å². The van der Waals surface area contributed by atoms with E-state index in [2.05, 4.69) is 5.32 Å². The van der Waals surface area contributed by atoms with Gasteiger partial charge in [0.2, 0.25) is 0 Å². The second-order valence-corrected chi connectivity index (χ2v) is 4.96. The summed E-state index contributed by atoms with van der Waals surface area (Å²) in [5.41, 5.74) is 2.18. The van der Waals surface area contributed by atoms with E-state index < -0.39 is 0 Å². The third-order valence-corrected chi connectivity index (χ3v) is 3.18. The second-order valence-electron chi connectivity index (χ2n) is 4.52. The van der Waals surface area contributed by atoms with E-state index >= 15 is 0 Å². The third-order valence-electron chi connectivity index (χ3n) is 2.95. The Bertz CT molecular complexity index is 563. The zero-order valence-electron chi connectivity index (χ0n) is 11.4. The molecule has 0 atom stereocenters. The zero-order valence-corrected chi connectivity index (χ0v) is 12.2. The first kappa shape index (κ1) is 14.0. The monoisotopic (exact) mass is 279 g/mol. The van der Waals surface area contributed by atoms with Crippen molar-refractivity contribution in [1.29, 1.82) is 0 Å². The molecule has 0 aliphatic carbocycles. The second kappa shape index (κ2) is 6.13. The van der Waals surface area contributed by atoms with Crippen molar-refractivity contribution in [3.05, 3.63) is 51.9 Å². The molecule has 102 valence electrons. The van der Waals surface area contributed by atoms with Gasteiger partial charge in [-0.2, -0.15) is 0 Å².